The highest BCUT2D eigenvalue weighted by Gasteiger charge is 2.74. The van der Waals surface area contributed by atoms with E-state index in [2.05, 4.69) is 16.4 Å². The number of fused-ring (bicyclic) bond motifs is 3. The van der Waals surface area contributed by atoms with Crippen LogP contribution in [0.4, 0.5) is 0 Å². The highest BCUT2D eigenvalue weighted by atomic mass is 16.5. The maximum absolute atomic E-state index is 14.0. The third-order valence-electron chi connectivity index (χ3n) is 8.62. The number of carbonyl (C=O) groups is 3. The summed E-state index contributed by atoms with van der Waals surface area (Å²) in [5.41, 5.74) is 1.23. The fraction of sp³-hybridized carbons (Fsp3) is 0.393. The number of carbonyl (C=O) groups excluding carboxylic acids is 3. The fourth-order valence-corrected chi connectivity index (χ4v) is 7.04. The number of ether oxygens (including phenoxy) is 1. The van der Waals surface area contributed by atoms with Crippen molar-refractivity contribution in [3.63, 3.8) is 0 Å². The number of hydrogen-bond acceptors (Lipinski definition) is 5. The molecule has 6 heterocycles. The Labute approximate surface area is 207 Å². The van der Waals surface area contributed by atoms with Gasteiger partial charge in [0.25, 0.3) is 0 Å². The summed E-state index contributed by atoms with van der Waals surface area (Å²) in [5.74, 6) is -1.33. The van der Waals surface area contributed by atoms with Crippen LogP contribution in [0.25, 0.3) is 10.9 Å². The third kappa shape index (κ3) is 2.82. The molecule has 4 aliphatic heterocycles. The maximum Gasteiger partial charge on any atom is 0.230 e. The number of amides is 2. The second-order valence-corrected chi connectivity index (χ2v) is 10.4. The normalized spacial score (nSPS) is 34.4. The molecule has 36 heavy (non-hydrogen) atoms. The number of piperidine rings is 1. The van der Waals surface area contributed by atoms with Crippen molar-refractivity contribution in [1.82, 2.24) is 15.2 Å². The minimum absolute atomic E-state index is 0.0764. The van der Waals surface area contributed by atoms with Crippen molar-refractivity contribution in [2.45, 2.75) is 43.6 Å². The number of aromatic amines is 1. The minimum atomic E-state index is -0.971. The number of aromatic nitrogens is 1. The van der Waals surface area contributed by atoms with Gasteiger partial charge < -0.3 is 24.4 Å². The Bertz CT molecular complexity index is 1410. The molecule has 7 rings (SSSR count). The molecule has 0 unspecified atom stereocenters. The highest BCUT2D eigenvalue weighted by Crippen LogP contribution is 2.59. The Kier molecular flexibility index (Phi) is 4.61. The van der Waals surface area contributed by atoms with Crippen LogP contribution in [0.5, 0.6) is 0 Å². The van der Waals surface area contributed by atoms with Crippen molar-refractivity contribution in [2.75, 3.05) is 6.54 Å². The average Bonchev–Trinajstić information content (AvgIpc) is 3.69. The molecule has 4 aliphatic rings. The van der Waals surface area contributed by atoms with E-state index < -0.39 is 41.5 Å². The van der Waals surface area contributed by atoms with Crippen molar-refractivity contribution in [2.24, 2.45) is 17.8 Å². The zero-order valence-electron chi connectivity index (χ0n) is 19.8. The number of furan rings is 1. The molecule has 2 N–H and O–H groups in total. The number of benzene rings is 1. The Morgan fingerprint density at radius 2 is 2.08 bits per heavy atom. The van der Waals surface area contributed by atoms with Gasteiger partial charge in [0.1, 0.15) is 17.1 Å². The molecule has 3 aromatic rings. The Hall–Kier alpha value is -3.65. The van der Waals surface area contributed by atoms with Crippen LogP contribution in [0.1, 0.15) is 30.7 Å². The molecule has 1 spiro atoms. The monoisotopic (exact) mass is 485 g/mol. The third-order valence-corrected chi connectivity index (χ3v) is 8.62. The lowest BCUT2D eigenvalue weighted by Gasteiger charge is -2.43. The Balaban J connectivity index is 1.15. The zero-order chi connectivity index (χ0) is 24.6. The number of para-hydroxylation sites is 1. The second-order valence-electron chi connectivity index (χ2n) is 10.4. The van der Waals surface area contributed by atoms with E-state index in [1.807, 2.05) is 43.5 Å². The predicted octanol–water partition coefficient (Wildman–Crippen LogP) is 2.92. The summed E-state index contributed by atoms with van der Waals surface area (Å²) < 4.78 is 12.0. The van der Waals surface area contributed by atoms with Gasteiger partial charge in [0.15, 0.2) is 0 Å². The smallest absolute Gasteiger partial charge is 0.230 e. The van der Waals surface area contributed by atoms with Gasteiger partial charge in [-0.15, -0.1) is 0 Å². The molecule has 2 aromatic heterocycles. The van der Waals surface area contributed by atoms with Crippen LogP contribution in [-0.2, 0) is 25.5 Å². The minimum Gasteiger partial charge on any atom is -0.467 e. The van der Waals surface area contributed by atoms with Gasteiger partial charge in [0.05, 0.1) is 36.3 Å². The van der Waals surface area contributed by atoms with Gasteiger partial charge in [-0.2, -0.15) is 0 Å². The Morgan fingerprint density at radius 3 is 2.92 bits per heavy atom. The van der Waals surface area contributed by atoms with Crippen molar-refractivity contribution < 1.29 is 23.5 Å². The van der Waals surface area contributed by atoms with E-state index in [9.17, 15) is 14.4 Å². The van der Waals surface area contributed by atoms with E-state index >= 15 is 0 Å². The summed E-state index contributed by atoms with van der Waals surface area (Å²) in [5, 5.41) is 4.20. The summed E-state index contributed by atoms with van der Waals surface area (Å²) in [7, 11) is 0. The van der Waals surface area contributed by atoms with Gasteiger partial charge in [-0.1, -0.05) is 37.3 Å². The number of rotatable bonds is 5. The number of ketones is 1. The SMILES string of the molecule is C[C@@H]1C(=O)C[C@@H](c2ccco2)N2C(=O)[C@@H]3[C@H](C(=O)NCCc4c[nH]c5ccccc45)[C@@H]4C=C[C@@]3(O4)[C@@H]12. The molecule has 3 fully saturated rings. The Morgan fingerprint density at radius 1 is 1.22 bits per heavy atom. The number of nitrogens with zero attached hydrogens (tertiary/aromatic N) is 1. The van der Waals surface area contributed by atoms with Crippen LogP contribution in [0.15, 0.2) is 65.4 Å². The van der Waals surface area contributed by atoms with Gasteiger partial charge in [-0.25, -0.2) is 0 Å². The standard InChI is InChI=1S/C28H27N3O5/c1-15-20(32)13-19(21-7-4-12-35-21)31-25(15)28-10-8-22(36-28)23(24(28)27(31)34)26(33)29-11-9-16-14-30-18-6-3-2-5-17(16)18/h2-8,10,12,14-15,19,22-25,30H,9,11,13H2,1H3,(H,29,33)/t15-,19+,22+,23-,24+,25-,28+/m1/s1. The molecule has 1 aromatic carbocycles. The van der Waals surface area contributed by atoms with Crippen molar-refractivity contribution >= 4 is 28.5 Å². The lowest BCUT2D eigenvalue weighted by atomic mass is 9.70. The molecule has 7 atom stereocenters. The topological polar surface area (TPSA) is 105 Å². The molecule has 0 aliphatic carbocycles. The lowest BCUT2D eigenvalue weighted by molar-refractivity contribution is -0.148. The van der Waals surface area contributed by atoms with E-state index in [1.54, 1.807) is 23.3 Å². The van der Waals surface area contributed by atoms with Gasteiger partial charge in [-0.3, -0.25) is 14.4 Å². The molecule has 2 bridgehead atoms. The van der Waals surface area contributed by atoms with Gasteiger partial charge in [0.2, 0.25) is 11.8 Å². The molecule has 3 saturated heterocycles. The van der Waals surface area contributed by atoms with Crippen LogP contribution in [-0.4, -0.2) is 51.8 Å². The molecule has 8 nitrogen and oxygen atoms in total. The van der Waals surface area contributed by atoms with E-state index in [4.69, 9.17) is 9.15 Å². The number of hydrogen-bond donors (Lipinski definition) is 2. The number of Topliss-reactive ketones (excluding diaryl/α,β-unsaturated/α-hetero) is 1. The summed E-state index contributed by atoms with van der Waals surface area (Å²) in [6.07, 6.45) is 7.75. The van der Waals surface area contributed by atoms with Crippen molar-refractivity contribution in [3.8, 4) is 0 Å². The maximum atomic E-state index is 14.0. The van der Waals surface area contributed by atoms with E-state index in [0.717, 1.165) is 16.5 Å². The molecule has 0 saturated carbocycles. The molecular weight excluding hydrogens is 458 g/mol. The van der Waals surface area contributed by atoms with Crippen LogP contribution < -0.4 is 5.32 Å². The average molecular weight is 486 g/mol. The van der Waals surface area contributed by atoms with Crippen LogP contribution in [0.2, 0.25) is 0 Å². The molecule has 0 radical (unpaired) electrons. The van der Waals surface area contributed by atoms with Crippen LogP contribution in [0, 0.1) is 17.8 Å². The van der Waals surface area contributed by atoms with Crippen molar-refractivity contribution in [3.05, 3.63) is 72.3 Å². The largest absolute Gasteiger partial charge is 0.467 e. The second kappa shape index (κ2) is 7.67. The molecule has 184 valence electrons. The summed E-state index contributed by atoms with van der Waals surface area (Å²) in [6.45, 7) is 2.32. The van der Waals surface area contributed by atoms with Crippen molar-refractivity contribution in [1.29, 1.82) is 0 Å². The summed E-state index contributed by atoms with van der Waals surface area (Å²) >= 11 is 0. The van der Waals surface area contributed by atoms with Gasteiger partial charge >= 0.3 is 0 Å². The van der Waals surface area contributed by atoms with Crippen LogP contribution in [0.3, 0.4) is 0 Å². The first-order valence-electron chi connectivity index (χ1n) is 12.6. The predicted molar refractivity (Wildman–Crippen MR) is 130 cm³/mol. The molecule has 8 heteroatoms. The summed E-state index contributed by atoms with van der Waals surface area (Å²) in [6, 6.07) is 10.7. The lowest BCUT2D eigenvalue weighted by Crippen LogP contribution is -2.55. The van der Waals surface area contributed by atoms with Gasteiger partial charge in [-0.05, 0) is 30.2 Å². The van der Waals surface area contributed by atoms with E-state index in [-0.39, 0.29) is 24.0 Å². The molecule has 2 amide bonds. The first-order chi connectivity index (χ1) is 17.5. The quantitative estimate of drug-likeness (QED) is 0.541. The number of nitrogens with one attached hydrogen (secondary N) is 2. The summed E-state index contributed by atoms with van der Waals surface area (Å²) in [4.78, 5) is 45.5. The number of H-pyrrole nitrogens is 1. The molecular formula is C28H27N3O5. The van der Waals surface area contributed by atoms with E-state index in [1.165, 1.54) is 0 Å². The first-order valence-corrected chi connectivity index (χ1v) is 12.6. The zero-order valence-corrected chi connectivity index (χ0v) is 19.8. The first kappa shape index (κ1) is 21.6. The fourth-order valence-electron chi connectivity index (χ4n) is 7.04. The highest BCUT2D eigenvalue weighted by molar-refractivity contribution is 5.96. The van der Waals surface area contributed by atoms with Gasteiger partial charge in [0, 0.05) is 36.0 Å². The van der Waals surface area contributed by atoms with E-state index in [0.29, 0.717) is 18.7 Å². The van der Waals surface area contributed by atoms with Crippen LogP contribution >= 0.6 is 0 Å².